The first-order valence-electron chi connectivity index (χ1n) is 12.1. The number of benzene rings is 1. The third-order valence-corrected chi connectivity index (χ3v) is 6.73. The number of nitrogens with one attached hydrogen (secondary N) is 1. The predicted molar refractivity (Wildman–Crippen MR) is 132 cm³/mol. The van der Waals surface area contributed by atoms with E-state index in [1.807, 2.05) is 52.0 Å². The lowest BCUT2D eigenvalue weighted by Gasteiger charge is -2.25. The second kappa shape index (κ2) is 9.00. The zero-order valence-corrected chi connectivity index (χ0v) is 20.3. The maximum Gasteiger partial charge on any atom is 0.251 e. The van der Waals surface area contributed by atoms with Gasteiger partial charge in [-0.3, -0.25) is 10.1 Å². The number of aryl methyl sites for hydroxylation is 3. The van der Waals surface area contributed by atoms with Crippen molar-refractivity contribution in [2.75, 3.05) is 5.32 Å². The SMILES string of the molecule is Cc1cc(C)nc(-n2nc(C)c(CC(=O)Nc3nc4ccccc4n3C3CCCCC3)c2C)n1. The Bertz CT molecular complexity index is 1340. The molecule has 0 bridgehead atoms. The molecule has 1 aliphatic rings. The van der Waals surface area contributed by atoms with E-state index in [1.54, 1.807) is 4.68 Å². The van der Waals surface area contributed by atoms with Gasteiger partial charge in [-0.25, -0.2) is 19.6 Å². The lowest BCUT2D eigenvalue weighted by molar-refractivity contribution is -0.115. The molecule has 4 aromatic rings. The summed E-state index contributed by atoms with van der Waals surface area (Å²) in [5.74, 6) is 1.07. The summed E-state index contributed by atoms with van der Waals surface area (Å²) >= 11 is 0. The standard InChI is InChI=1S/C26H31N7O/c1-16-14-17(2)28-26(27-16)33-19(4)21(18(3)31-33)15-24(34)30-25-29-22-12-8-9-13-23(22)32(25)20-10-6-5-7-11-20/h8-9,12-14,20H,5-7,10-11,15H2,1-4H3,(H,29,30,34). The van der Waals surface area contributed by atoms with Crippen LogP contribution in [0, 0.1) is 27.7 Å². The number of amides is 1. The topological polar surface area (TPSA) is 90.5 Å². The summed E-state index contributed by atoms with van der Waals surface area (Å²) in [5.41, 5.74) is 6.33. The highest BCUT2D eigenvalue weighted by atomic mass is 16.1. The van der Waals surface area contributed by atoms with Gasteiger partial charge in [-0.15, -0.1) is 0 Å². The largest absolute Gasteiger partial charge is 0.307 e. The summed E-state index contributed by atoms with van der Waals surface area (Å²) in [4.78, 5) is 27.1. The Morgan fingerprint density at radius 2 is 1.71 bits per heavy atom. The van der Waals surface area contributed by atoms with E-state index in [4.69, 9.17) is 4.98 Å². The van der Waals surface area contributed by atoms with Crippen molar-refractivity contribution in [1.82, 2.24) is 29.3 Å². The summed E-state index contributed by atoms with van der Waals surface area (Å²) < 4.78 is 3.97. The molecular formula is C26H31N7O. The number of rotatable bonds is 5. The van der Waals surface area contributed by atoms with Gasteiger partial charge in [-0.2, -0.15) is 5.10 Å². The first kappa shape index (κ1) is 22.3. The highest BCUT2D eigenvalue weighted by Crippen LogP contribution is 2.34. The van der Waals surface area contributed by atoms with Crippen molar-refractivity contribution in [2.24, 2.45) is 0 Å². The van der Waals surface area contributed by atoms with Gasteiger partial charge in [0.2, 0.25) is 11.9 Å². The van der Waals surface area contributed by atoms with Crippen LogP contribution in [0.4, 0.5) is 5.95 Å². The molecule has 0 unspecified atom stereocenters. The first-order valence-corrected chi connectivity index (χ1v) is 12.1. The molecule has 34 heavy (non-hydrogen) atoms. The fourth-order valence-corrected chi connectivity index (χ4v) is 5.10. The van der Waals surface area contributed by atoms with E-state index in [2.05, 4.69) is 31.0 Å². The maximum atomic E-state index is 13.2. The normalized spacial score (nSPS) is 14.6. The van der Waals surface area contributed by atoms with Crippen molar-refractivity contribution in [1.29, 1.82) is 0 Å². The number of para-hydroxylation sites is 2. The fraction of sp³-hybridized carbons (Fsp3) is 0.423. The molecule has 0 radical (unpaired) electrons. The number of nitrogens with zero attached hydrogens (tertiary/aromatic N) is 6. The van der Waals surface area contributed by atoms with Gasteiger partial charge in [-0.05, 0) is 58.7 Å². The minimum absolute atomic E-state index is 0.0977. The molecule has 1 aliphatic carbocycles. The molecule has 0 saturated heterocycles. The van der Waals surface area contributed by atoms with E-state index < -0.39 is 0 Å². The molecule has 1 amide bonds. The number of fused-ring (bicyclic) bond motifs is 1. The number of anilines is 1. The molecule has 1 N–H and O–H groups in total. The zero-order valence-electron chi connectivity index (χ0n) is 20.3. The Kier molecular flexibility index (Phi) is 5.89. The number of carbonyl (C=O) groups is 1. The van der Waals surface area contributed by atoms with Crippen LogP contribution >= 0.6 is 0 Å². The quantitative estimate of drug-likeness (QED) is 0.459. The van der Waals surface area contributed by atoms with Gasteiger partial charge < -0.3 is 4.57 Å². The van der Waals surface area contributed by atoms with Gasteiger partial charge in [0.25, 0.3) is 5.95 Å². The van der Waals surface area contributed by atoms with E-state index in [1.165, 1.54) is 19.3 Å². The van der Waals surface area contributed by atoms with Gasteiger partial charge in [0.05, 0.1) is 23.1 Å². The van der Waals surface area contributed by atoms with Crippen LogP contribution in [0.15, 0.2) is 30.3 Å². The minimum Gasteiger partial charge on any atom is -0.307 e. The summed E-state index contributed by atoms with van der Waals surface area (Å²) in [5, 5.41) is 7.75. The Morgan fingerprint density at radius 3 is 2.44 bits per heavy atom. The van der Waals surface area contributed by atoms with E-state index >= 15 is 0 Å². The van der Waals surface area contributed by atoms with Crippen LogP contribution in [-0.2, 0) is 11.2 Å². The molecule has 1 saturated carbocycles. The molecule has 0 atom stereocenters. The van der Waals surface area contributed by atoms with E-state index in [0.29, 0.717) is 17.9 Å². The minimum atomic E-state index is -0.0977. The van der Waals surface area contributed by atoms with Crippen LogP contribution in [0.1, 0.15) is 66.5 Å². The summed E-state index contributed by atoms with van der Waals surface area (Å²) in [6.45, 7) is 7.76. The summed E-state index contributed by atoms with van der Waals surface area (Å²) in [7, 11) is 0. The molecule has 3 aromatic heterocycles. The molecule has 0 aliphatic heterocycles. The molecule has 1 fully saturated rings. The lowest BCUT2D eigenvalue weighted by atomic mass is 9.95. The van der Waals surface area contributed by atoms with Crippen molar-refractivity contribution in [3.8, 4) is 5.95 Å². The Labute approximate surface area is 199 Å². The monoisotopic (exact) mass is 457 g/mol. The van der Waals surface area contributed by atoms with Gasteiger partial charge >= 0.3 is 0 Å². The van der Waals surface area contributed by atoms with E-state index in [9.17, 15) is 4.79 Å². The van der Waals surface area contributed by atoms with Crippen molar-refractivity contribution in [2.45, 2.75) is 72.3 Å². The lowest BCUT2D eigenvalue weighted by Crippen LogP contribution is -2.21. The fourth-order valence-electron chi connectivity index (χ4n) is 5.10. The van der Waals surface area contributed by atoms with E-state index in [-0.39, 0.29) is 12.3 Å². The van der Waals surface area contributed by atoms with Gasteiger partial charge in [0.1, 0.15) is 0 Å². The number of carbonyl (C=O) groups excluding carboxylic acids is 1. The van der Waals surface area contributed by atoms with Crippen LogP contribution in [0.5, 0.6) is 0 Å². The maximum absolute atomic E-state index is 13.2. The predicted octanol–water partition coefficient (Wildman–Crippen LogP) is 4.93. The zero-order chi connectivity index (χ0) is 23.8. The van der Waals surface area contributed by atoms with Crippen LogP contribution in [-0.4, -0.2) is 35.2 Å². The number of hydrogen-bond acceptors (Lipinski definition) is 5. The molecular weight excluding hydrogens is 426 g/mol. The molecule has 1 aromatic carbocycles. The number of aromatic nitrogens is 6. The van der Waals surface area contributed by atoms with Crippen molar-refractivity contribution >= 4 is 22.9 Å². The van der Waals surface area contributed by atoms with Crippen LogP contribution in [0.2, 0.25) is 0 Å². The average molecular weight is 458 g/mol. The number of hydrogen-bond donors (Lipinski definition) is 1. The smallest absolute Gasteiger partial charge is 0.251 e. The van der Waals surface area contributed by atoms with Crippen LogP contribution in [0.3, 0.4) is 0 Å². The third-order valence-electron chi connectivity index (χ3n) is 6.73. The Morgan fingerprint density at radius 1 is 1.00 bits per heavy atom. The van der Waals surface area contributed by atoms with Gasteiger partial charge in [0, 0.05) is 28.7 Å². The molecule has 5 rings (SSSR count). The van der Waals surface area contributed by atoms with Gasteiger partial charge in [-0.1, -0.05) is 31.4 Å². The molecule has 3 heterocycles. The number of imidazole rings is 1. The molecule has 176 valence electrons. The van der Waals surface area contributed by atoms with Crippen molar-refractivity contribution < 1.29 is 4.79 Å². The Hall–Kier alpha value is -3.55. The van der Waals surface area contributed by atoms with Crippen molar-refractivity contribution in [3.05, 3.63) is 58.7 Å². The molecule has 8 heteroatoms. The van der Waals surface area contributed by atoms with E-state index in [0.717, 1.165) is 52.2 Å². The molecule has 8 nitrogen and oxygen atoms in total. The summed E-state index contributed by atoms with van der Waals surface area (Å²) in [6.07, 6.45) is 6.15. The Balaban J connectivity index is 1.43. The van der Waals surface area contributed by atoms with Crippen LogP contribution < -0.4 is 5.32 Å². The van der Waals surface area contributed by atoms with Gasteiger partial charge in [0.15, 0.2) is 0 Å². The molecule has 0 spiro atoms. The highest BCUT2D eigenvalue weighted by Gasteiger charge is 2.24. The average Bonchev–Trinajstić information content (AvgIpc) is 3.31. The summed E-state index contributed by atoms with van der Waals surface area (Å²) in [6, 6.07) is 10.4. The van der Waals surface area contributed by atoms with Crippen LogP contribution in [0.25, 0.3) is 17.0 Å². The highest BCUT2D eigenvalue weighted by molar-refractivity contribution is 5.93. The third kappa shape index (κ3) is 4.20. The van der Waals surface area contributed by atoms with Crippen molar-refractivity contribution in [3.63, 3.8) is 0 Å². The second-order valence-corrected chi connectivity index (χ2v) is 9.32. The first-order chi connectivity index (χ1) is 16.4. The second-order valence-electron chi connectivity index (χ2n) is 9.32.